The number of aliphatic carboxylic acids is 1. The number of carbonyl (C=O) groups is 2. The van der Waals surface area contributed by atoms with Crippen LogP contribution in [0.3, 0.4) is 0 Å². The third kappa shape index (κ3) is 6.56. The number of carboxylic acid groups (broad SMARTS) is 1. The Hall–Kier alpha value is -2.94. The van der Waals surface area contributed by atoms with Gasteiger partial charge in [0.25, 0.3) is 0 Å². The lowest BCUT2D eigenvalue weighted by molar-refractivity contribution is -0.192. The number of fused-ring (bicyclic) bond motifs is 1. The van der Waals surface area contributed by atoms with E-state index in [0.717, 1.165) is 23.2 Å². The van der Waals surface area contributed by atoms with Gasteiger partial charge in [0, 0.05) is 12.2 Å². The van der Waals surface area contributed by atoms with Crippen LogP contribution in [0, 0.1) is 5.82 Å². The monoisotopic (exact) mass is 412 g/mol. The van der Waals surface area contributed by atoms with Crippen molar-refractivity contribution in [3.8, 4) is 0 Å². The summed E-state index contributed by atoms with van der Waals surface area (Å²) in [6.45, 7) is 2.68. The number of carboxylic acids is 1. The average molecular weight is 412 g/mol. The van der Waals surface area contributed by atoms with Crippen LogP contribution in [0.15, 0.2) is 42.5 Å². The summed E-state index contributed by atoms with van der Waals surface area (Å²) in [6, 6.07) is 12.3. The van der Waals surface area contributed by atoms with Crippen LogP contribution in [0.5, 0.6) is 0 Å². The van der Waals surface area contributed by atoms with E-state index < -0.39 is 12.1 Å². The van der Waals surface area contributed by atoms with Crippen LogP contribution >= 0.6 is 0 Å². The van der Waals surface area contributed by atoms with Gasteiger partial charge in [-0.1, -0.05) is 25.1 Å². The van der Waals surface area contributed by atoms with Gasteiger partial charge in [0.15, 0.2) is 0 Å². The number of rotatable bonds is 3. The van der Waals surface area contributed by atoms with Crippen LogP contribution in [0.2, 0.25) is 0 Å². The molecule has 0 saturated heterocycles. The third-order valence-electron chi connectivity index (χ3n) is 4.32. The minimum Gasteiger partial charge on any atom is -0.475 e. The summed E-state index contributed by atoms with van der Waals surface area (Å²) in [5, 5.41) is 13.2. The maximum atomic E-state index is 13.3. The van der Waals surface area contributed by atoms with Gasteiger partial charge in [-0.2, -0.15) is 13.2 Å². The first kappa shape index (κ1) is 22.4. The van der Waals surface area contributed by atoms with Crippen molar-refractivity contribution < 1.29 is 32.3 Å². The smallest absolute Gasteiger partial charge is 0.475 e. The lowest BCUT2D eigenvalue weighted by atomic mass is 9.95. The zero-order valence-corrected chi connectivity index (χ0v) is 15.5. The minimum atomic E-state index is -5.08. The first-order valence-corrected chi connectivity index (χ1v) is 8.80. The highest BCUT2D eigenvalue weighted by atomic mass is 19.4. The Morgan fingerprint density at radius 1 is 1.14 bits per heavy atom. The molecule has 2 aromatic rings. The van der Waals surface area contributed by atoms with Crippen LogP contribution in [-0.4, -0.2) is 29.2 Å². The van der Waals surface area contributed by atoms with Gasteiger partial charge in [-0.25, -0.2) is 9.18 Å². The summed E-state index contributed by atoms with van der Waals surface area (Å²) < 4.78 is 45.1. The second-order valence-electron chi connectivity index (χ2n) is 6.39. The van der Waals surface area contributed by atoms with E-state index in [4.69, 9.17) is 9.90 Å². The van der Waals surface area contributed by atoms with Gasteiger partial charge < -0.3 is 15.7 Å². The molecule has 0 radical (unpaired) electrons. The summed E-state index contributed by atoms with van der Waals surface area (Å²) in [5.41, 5.74) is 3.98. The van der Waals surface area contributed by atoms with Crippen molar-refractivity contribution in [2.45, 2.75) is 38.5 Å². The van der Waals surface area contributed by atoms with Gasteiger partial charge in [0.2, 0.25) is 5.91 Å². The summed E-state index contributed by atoms with van der Waals surface area (Å²) in [6.07, 6.45) is -3.60. The lowest BCUT2D eigenvalue weighted by Gasteiger charge is -2.25. The van der Waals surface area contributed by atoms with Crippen molar-refractivity contribution in [1.29, 1.82) is 0 Å². The number of alkyl halides is 3. The molecule has 0 saturated carbocycles. The molecule has 2 aromatic carbocycles. The summed E-state index contributed by atoms with van der Waals surface area (Å²) in [7, 11) is 0. The highest BCUT2D eigenvalue weighted by Gasteiger charge is 2.38. The fraction of sp³-hybridized carbons (Fsp3) is 0.300. The Kier molecular flexibility index (Phi) is 7.33. The molecule has 0 spiro atoms. The molecule has 3 rings (SSSR count). The van der Waals surface area contributed by atoms with Gasteiger partial charge in [0.05, 0.1) is 6.04 Å². The van der Waals surface area contributed by atoms with Crippen LogP contribution in [0.25, 0.3) is 0 Å². The van der Waals surface area contributed by atoms with Gasteiger partial charge in [0.1, 0.15) is 5.82 Å². The average Bonchev–Trinajstić information content (AvgIpc) is 2.67. The molecule has 9 heteroatoms. The molecule has 0 fully saturated rings. The molecule has 0 unspecified atom stereocenters. The van der Waals surface area contributed by atoms with Crippen molar-refractivity contribution in [2.24, 2.45) is 0 Å². The van der Waals surface area contributed by atoms with Gasteiger partial charge in [-0.15, -0.1) is 0 Å². The second-order valence-corrected chi connectivity index (χ2v) is 6.39. The molecule has 1 amide bonds. The number of hydrogen-bond acceptors (Lipinski definition) is 3. The summed E-state index contributed by atoms with van der Waals surface area (Å²) in [4.78, 5) is 21.2. The highest BCUT2D eigenvalue weighted by molar-refractivity contribution is 5.95. The van der Waals surface area contributed by atoms with Crippen molar-refractivity contribution in [1.82, 2.24) is 5.32 Å². The molecule has 3 N–H and O–H groups in total. The van der Waals surface area contributed by atoms with E-state index in [1.165, 1.54) is 17.7 Å². The molecule has 0 bridgehead atoms. The molecule has 0 aromatic heterocycles. The number of carbonyl (C=O) groups excluding carboxylic acids is 1. The second kappa shape index (κ2) is 9.51. The van der Waals surface area contributed by atoms with E-state index in [-0.39, 0.29) is 17.8 Å². The number of benzene rings is 2. The molecule has 1 aliphatic heterocycles. The fourth-order valence-corrected chi connectivity index (χ4v) is 2.72. The SMILES string of the molecule is CCc1ccc(NC(=O)[C@H]2Cc3cc(F)ccc3CN2)cc1.O=C(O)C(F)(F)F. The Morgan fingerprint density at radius 2 is 1.76 bits per heavy atom. The Balaban J connectivity index is 0.000000370. The molecule has 5 nitrogen and oxygen atoms in total. The topological polar surface area (TPSA) is 78.4 Å². The first-order valence-electron chi connectivity index (χ1n) is 8.80. The molecule has 1 atom stereocenters. The van der Waals surface area contributed by atoms with E-state index in [9.17, 15) is 22.4 Å². The van der Waals surface area contributed by atoms with Crippen molar-refractivity contribution in [3.63, 3.8) is 0 Å². The summed E-state index contributed by atoms with van der Waals surface area (Å²) in [5.74, 6) is -3.10. The standard InChI is InChI=1S/C18H19FN2O.C2HF3O2/c1-2-12-3-7-16(8-4-12)21-18(22)17-10-14-9-15(19)6-5-13(14)11-20-17;3-2(4,5)1(6)7/h3-9,17,20H,2,10-11H2,1H3,(H,21,22);(H,6,7)/t17-;/m1./s1. The predicted molar refractivity (Wildman–Crippen MR) is 98.9 cm³/mol. The number of nitrogens with one attached hydrogen (secondary N) is 2. The Morgan fingerprint density at radius 3 is 2.31 bits per heavy atom. The Labute approximate surface area is 164 Å². The van der Waals surface area contributed by atoms with E-state index in [0.29, 0.717) is 13.0 Å². The van der Waals surface area contributed by atoms with Crippen LogP contribution in [-0.2, 0) is 29.0 Å². The fourth-order valence-electron chi connectivity index (χ4n) is 2.72. The van der Waals surface area contributed by atoms with Crippen molar-refractivity contribution in [3.05, 3.63) is 65.0 Å². The van der Waals surface area contributed by atoms with Gasteiger partial charge >= 0.3 is 12.1 Å². The molecule has 0 aliphatic carbocycles. The van der Waals surface area contributed by atoms with Crippen molar-refractivity contribution >= 4 is 17.6 Å². The lowest BCUT2D eigenvalue weighted by Crippen LogP contribution is -2.44. The molecular formula is C20H20F4N2O3. The van der Waals surface area contributed by atoms with Gasteiger partial charge in [-0.3, -0.25) is 4.79 Å². The molecule has 1 aliphatic rings. The molecule has 29 heavy (non-hydrogen) atoms. The van der Waals surface area contributed by atoms with E-state index >= 15 is 0 Å². The Bertz CT molecular complexity index is 867. The number of amides is 1. The largest absolute Gasteiger partial charge is 0.490 e. The van der Waals surface area contributed by atoms with Crippen molar-refractivity contribution in [2.75, 3.05) is 5.32 Å². The van der Waals surface area contributed by atoms with E-state index in [2.05, 4.69) is 17.6 Å². The number of halogens is 4. The first-order chi connectivity index (χ1) is 13.6. The molecular weight excluding hydrogens is 392 g/mol. The van der Waals surface area contributed by atoms with Crippen LogP contribution in [0.4, 0.5) is 23.2 Å². The van der Waals surface area contributed by atoms with Crippen LogP contribution < -0.4 is 10.6 Å². The zero-order valence-electron chi connectivity index (χ0n) is 15.5. The number of anilines is 1. The van der Waals surface area contributed by atoms with Crippen LogP contribution in [0.1, 0.15) is 23.6 Å². The quantitative estimate of drug-likeness (QED) is 0.673. The normalized spacial score (nSPS) is 15.6. The predicted octanol–water partition coefficient (Wildman–Crippen LogP) is 3.67. The molecule has 1 heterocycles. The van der Waals surface area contributed by atoms with Gasteiger partial charge in [-0.05, 0) is 53.8 Å². The molecule has 156 valence electrons. The van der Waals surface area contributed by atoms with E-state index in [1.807, 2.05) is 24.3 Å². The maximum Gasteiger partial charge on any atom is 0.490 e. The number of aryl methyl sites for hydroxylation is 1. The zero-order chi connectivity index (χ0) is 21.6. The minimum absolute atomic E-state index is 0.0841. The summed E-state index contributed by atoms with van der Waals surface area (Å²) >= 11 is 0. The highest BCUT2D eigenvalue weighted by Crippen LogP contribution is 2.19. The maximum absolute atomic E-state index is 13.3. The third-order valence-corrected chi connectivity index (χ3v) is 4.32. The van der Waals surface area contributed by atoms with E-state index in [1.54, 1.807) is 6.07 Å². The number of hydrogen-bond donors (Lipinski definition) is 3.